The number of likely N-dealkylation sites (tertiary alicyclic amines) is 1. The summed E-state index contributed by atoms with van der Waals surface area (Å²) in [6.07, 6.45) is 4.83. The van der Waals surface area contributed by atoms with E-state index in [4.69, 9.17) is 0 Å². The summed E-state index contributed by atoms with van der Waals surface area (Å²) in [6.45, 7) is 6.85. The largest absolute Gasteiger partial charge is 0.341 e. The predicted molar refractivity (Wildman–Crippen MR) is 87.2 cm³/mol. The molecule has 0 N–H and O–H groups in total. The van der Waals surface area contributed by atoms with Gasteiger partial charge in [0, 0.05) is 19.6 Å². The SMILES string of the molecule is Cc1ccccc1CN(C)C(C)C(=O)N1CCCCCC1. The Hall–Kier alpha value is -1.35. The third kappa shape index (κ3) is 4.31. The minimum atomic E-state index is -0.0530. The number of nitrogens with zero attached hydrogens (tertiary/aromatic N) is 2. The van der Waals surface area contributed by atoms with Crippen LogP contribution in [0.15, 0.2) is 24.3 Å². The van der Waals surface area contributed by atoms with E-state index in [9.17, 15) is 4.79 Å². The van der Waals surface area contributed by atoms with Crippen molar-refractivity contribution in [2.75, 3.05) is 20.1 Å². The summed E-state index contributed by atoms with van der Waals surface area (Å²) >= 11 is 0. The van der Waals surface area contributed by atoms with Crippen LogP contribution in [-0.4, -0.2) is 41.9 Å². The number of aryl methyl sites for hydroxylation is 1. The first-order chi connectivity index (χ1) is 10.1. The van der Waals surface area contributed by atoms with Gasteiger partial charge in [-0.15, -0.1) is 0 Å². The first-order valence-electron chi connectivity index (χ1n) is 8.13. The summed E-state index contributed by atoms with van der Waals surface area (Å²) in [4.78, 5) is 16.9. The van der Waals surface area contributed by atoms with Crippen molar-refractivity contribution in [3.05, 3.63) is 35.4 Å². The van der Waals surface area contributed by atoms with E-state index in [0.29, 0.717) is 0 Å². The molecule has 1 atom stereocenters. The molecule has 0 aromatic heterocycles. The summed E-state index contributed by atoms with van der Waals surface area (Å²) in [7, 11) is 2.05. The summed E-state index contributed by atoms with van der Waals surface area (Å²) in [5.74, 6) is 0.285. The van der Waals surface area contributed by atoms with Gasteiger partial charge in [-0.2, -0.15) is 0 Å². The Morgan fingerprint density at radius 3 is 2.43 bits per heavy atom. The molecule has 1 aliphatic rings. The molecule has 3 heteroatoms. The monoisotopic (exact) mass is 288 g/mol. The molecule has 1 unspecified atom stereocenters. The Balaban J connectivity index is 1.96. The summed E-state index contributed by atoms with van der Waals surface area (Å²) in [5, 5.41) is 0. The molecule has 2 rings (SSSR count). The number of hydrogen-bond donors (Lipinski definition) is 0. The van der Waals surface area contributed by atoms with Crippen LogP contribution >= 0.6 is 0 Å². The lowest BCUT2D eigenvalue weighted by molar-refractivity contribution is -0.136. The quantitative estimate of drug-likeness (QED) is 0.849. The summed E-state index contributed by atoms with van der Waals surface area (Å²) in [6, 6.07) is 8.35. The molecule has 1 aliphatic heterocycles. The maximum absolute atomic E-state index is 12.7. The van der Waals surface area contributed by atoms with Gasteiger partial charge in [0.15, 0.2) is 0 Å². The number of likely N-dealkylation sites (N-methyl/N-ethyl adjacent to an activating group) is 1. The number of amides is 1. The molecular formula is C18H28N2O. The smallest absolute Gasteiger partial charge is 0.239 e. The fourth-order valence-corrected chi connectivity index (χ4v) is 2.94. The topological polar surface area (TPSA) is 23.6 Å². The minimum Gasteiger partial charge on any atom is -0.341 e. The second kappa shape index (κ2) is 7.60. The van der Waals surface area contributed by atoms with Gasteiger partial charge in [-0.25, -0.2) is 0 Å². The molecule has 1 amide bonds. The van der Waals surface area contributed by atoms with Crippen molar-refractivity contribution >= 4 is 5.91 Å². The van der Waals surface area contributed by atoms with Crippen LogP contribution in [0.5, 0.6) is 0 Å². The van der Waals surface area contributed by atoms with Crippen molar-refractivity contribution in [1.29, 1.82) is 0 Å². The average Bonchev–Trinajstić information content (AvgIpc) is 2.77. The van der Waals surface area contributed by atoms with Gasteiger partial charge >= 0.3 is 0 Å². The lowest BCUT2D eigenvalue weighted by Gasteiger charge is -2.30. The highest BCUT2D eigenvalue weighted by Crippen LogP contribution is 2.15. The van der Waals surface area contributed by atoms with Crippen molar-refractivity contribution in [2.24, 2.45) is 0 Å². The molecule has 0 saturated carbocycles. The van der Waals surface area contributed by atoms with Crippen molar-refractivity contribution in [3.63, 3.8) is 0 Å². The van der Waals surface area contributed by atoms with Gasteiger partial charge in [0.25, 0.3) is 0 Å². The molecule has 21 heavy (non-hydrogen) atoms. The Morgan fingerprint density at radius 1 is 1.19 bits per heavy atom. The third-order valence-electron chi connectivity index (χ3n) is 4.62. The summed E-state index contributed by atoms with van der Waals surface area (Å²) < 4.78 is 0. The van der Waals surface area contributed by atoms with Crippen molar-refractivity contribution in [1.82, 2.24) is 9.80 Å². The zero-order chi connectivity index (χ0) is 15.2. The van der Waals surface area contributed by atoms with Crippen LogP contribution in [0.3, 0.4) is 0 Å². The van der Waals surface area contributed by atoms with Gasteiger partial charge in [-0.05, 0) is 44.9 Å². The lowest BCUT2D eigenvalue weighted by Crippen LogP contribution is -2.45. The molecule has 1 fully saturated rings. The van der Waals surface area contributed by atoms with Crippen LogP contribution in [0, 0.1) is 6.92 Å². The van der Waals surface area contributed by atoms with Crippen molar-refractivity contribution < 1.29 is 4.79 Å². The maximum atomic E-state index is 12.7. The van der Waals surface area contributed by atoms with Gasteiger partial charge in [0.05, 0.1) is 6.04 Å². The molecule has 0 spiro atoms. The van der Waals surface area contributed by atoms with Crippen LogP contribution in [0.1, 0.15) is 43.7 Å². The zero-order valence-electron chi connectivity index (χ0n) is 13.6. The van der Waals surface area contributed by atoms with E-state index in [0.717, 1.165) is 32.5 Å². The van der Waals surface area contributed by atoms with E-state index >= 15 is 0 Å². The van der Waals surface area contributed by atoms with Crippen molar-refractivity contribution in [3.8, 4) is 0 Å². The zero-order valence-corrected chi connectivity index (χ0v) is 13.6. The molecule has 0 bridgehead atoms. The van der Waals surface area contributed by atoms with E-state index in [2.05, 4.69) is 41.0 Å². The fourth-order valence-electron chi connectivity index (χ4n) is 2.94. The molecule has 1 saturated heterocycles. The molecule has 1 aromatic rings. The second-order valence-corrected chi connectivity index (χ2v) is 6.26. The highest BCUT2D eigenvalue weighted by atomic mass is 16.2. The highest BCUT2D eigenvalue weighted by molar-refractivity contribution is 5.81. The Kier molecular flexibility index (Phi) is 5.80. The molecule has 1 aromatic carbocycles. The molecule has 116 valence electrons. The fraction of sp³-hybridized carbons (Fsp3) is 0.611. The van der Waals surface area contributed by atoms with Crippen LogP contribution in [-0.2, 0) is 11.3 Å². The normalized spacial score (nSPS) is 17.6. The molecule has 0 aliphatic carbocycles. The number of benzene rings is 1. The van der Waals surface area contributed by atoms with E-state index in [-0.39, 0.29) is 11.9 Å². The second-order valence-electron chi connectivity index (χ2n) is 6.26. The number of hydrogen-bond acceptors (Lipinski definition) is 2. The minimum absolute atomic E-state index is 0.0530. The number of carbonyl (C=O) groups is 1. The number of rotatable bonds is 4. The van der Waals surface area contributed by atoms with E-state index in [1.54, 1.807) is 0 Å². The lowest BCUT2D eigenvalue weighted by atomic mass is 10.1. The van der Waals surface area contributed by atoms with Crippen LogP contribution in [0.4, 0.5) is 0 Å². The first-order valence-corrected chi connectivity index (χ1v) is 8.13. The Labute approximate surface area is 128 Å². The van der Waals surface area contributed by atoms with Gasteiger partial charge in [-0.1, -0.05) is 37.1 Å². The molecule has 1 heterocycles. The van der Waals surface area contributed by atoms with Gasteiger partial charge in [-0.3, -0.25) is 9.69 Å². The molecular weight excluding hydrogens is 260 g/mol. The first kappa shape index (κ1) is 16.0. The Morgan fingerprint density at radius 2 is 1.81 bits per heavy atom. The van der Waals surface area contributed by atoms with Gasteiger partial charge < -0.3 is 4.90 Å². The standard InChI is InChI=1S/C18H28N2O/c1-15-10-6-7-11-17(15)14-19(3)16(2)18(21)20-12-8-4-5-9-13-20/h6-7,10-11,16H,4-5,8-9,12-14H2,1-3H3. The van der Waals surface area contributed by atoms with Crippen molar-refractivity contribution in [2.45, 2.75) is 52.1 Å². The predicted octanol–water partition coefficient (Wildman–Crippen LogP) is 3.22. The van der Waals surface area contributed by atoms with Crippen LogP contribution in [0.2, 0.25) is 0 Å². The highest BCUT2D eigenvalue weighted by Gasteiger charge is 2.24. The maximum Gasteiger partial charge on any atom is 0.239 e. The average molecular weight is 288 g/mol. The van der Waals surface area contributed by atoms with Gasteiger partial charge in [0.2, 0.25) is 5.91 Å². The number of carbonyl (C=O) groups excluding carboxylic acids is 1. The third-order valence-corrected chi connectivity index (χ3v) is 4.62. The molecule has 0 radical (unpaired) electrons. The van der Waals surface area contributed by atoms with E-state index < -0.39 is 0 Å². The van der Waals surface area contributed by atoms with Crippen LogP contribution in [0.25, 0.3) is 0 Å². The van der Waals surface area contributed by atoms with Crippen LogP contribution < -0.4 is 0 Å². The van der Waals surface area contributed by atoms with E-state index in [1.165, 1.54) is 24.0 Å². The van der Waals surface area contributed by atoms with E-state index in [1.807, 2.05) is 14.0 Å². The summed E-state index contributed by atoms with van der Waals surface area (Å²) in [5.41, 5.74) is 2.59. The Bertz CT molecular complexity index is 464. The van der Waals surface area contributed by atoms with Gasteiger partial charge in [0.1, 0.15) is 0 Å². The molecule has 3 nitrogen and oxygen atoms in total.